The number of halogens is 2. The van der Waals surface area contributed by atoms with Crippen molar-refractivity contribution in [2.45, 2.75) is 43.8 Å². The highest BCUT2D eigenvalue weighted by Crippen LogP contribution is 2.41. The van der Waals surface area contributed by atoms with Crippen molar-refractivity contribution in [2.75, 3.05) is 31.7 Å². The Kier molecular flexibility index (Phi) is 9.92. The van der Waals surface area contributed by atoms with E-state index >= 15 is 4.39 Å². The molecule has 2 atom stereocenters. The first kappa shape index (κ1) is 35.4. The van der Waals surface area contributed by atoms with Crippen LogP contribution in [0.15, 0.2) is 58.6 Å². The molecular formula is C32H33ClFN10O6S2+. The number of aromatic nitrogens is 4. The maximum atomic E-state index is 15.4. The molecule has 52 heavy (non-hydrogen) atoms. The van der Waals surface area contributed by atoms with Crippen LogP contribution in [0.4, 0.5) is 9.52 Å². The first-order valence-electron chi connectivity index (χ1n) is 16.2. The van der Waals surface area contributed by atoms with Gasteiger partial charge in [0.15, 0.2) is 17.0 Å². The molecule has 16 nitrogen and oxygen atoms in total. The van der Waals surface area contributed by atoms with E-state index < -0.39 is 40.9 Å². The van der Waals surface area contributed by atoms with Gasteiger partial charge < -0.3 is 21.0 Å². The quantitative estimate of drug-likeness (QED) is 0.0757. The zero-order valence-electron chi connectivity index (χ0n) is 27.6. The van der Waals surface area contributed by atoms with Crippen molar-refractivity contribution in [1.29, 1.82) is 0 Å². The van der Waals surface area contributed by atoms with Crippen LogP contribution in [-0.2, 0) is 32.3 Å². The first-order valence-corrected chi connectivity index (χ1v) is 18.5. The summed E-state index contributed by atoms with van der Waals surface area (Å²) in [7, 11) is 1.26. The van der Waals surface area contributed by atoms with E-state index in [0.29, 0.717) is 11.2 Å². The summed E-state index contributed by atoms with van der Waals surface area (Å²) in [6, 6.07) is 3.44. The molecule has 5 N–H and O–H groups in total. The average molecular weight is 772 g/mol. The fourth-order valence-electron chi connectivity index (χ4n) is 6.48. The molecule has 0 saturated carbocycles. The fourth-order valence-corrected chi connectivity index (χ4v) is 8.63. The number of hydrogen-bond acceptors (Lipinski definition) is 11. The lowest BCUT2D eigenvalue weighted by molar-refractivity contribution is -0.662. The molecule has 7 rings (SSSR count). The number of anilines is 1. The SMILES string of the molecule is CO/N=C(\C(=O)N[C@@H]1C(=O)N2C(C(=O)O)=C(Cn3ccc4n3cc[n+]4Cc3c(F)cc(C(=O)NN4CCCCC4)cc3Cl)CS[C@H]12)c1csc(N)n1. The number of aliphatic carboxylic acids is 1. The summed E-state index contributed by atoms with van der Waals surface area (Å²) in [4.78, 5) is 61.8. The number of oxime groups is 1. The van der Waals surface area contributed by atoms with Crippen LogP contribution in [-0.4, -0.2) is 96.0 Å². The van der Waals surface area contributed by atoms with Crippen molar-refractivity contribution in [3.05, 3.63) is 81.1 Å². The van der Waals surface area contributed by atoms with Crippen molar-refractivity contribution < 1.29 is 38.1 Å². The van der Waals surface area contributed by atoms with E-state index in [0.717, 1.165) is 43.7 Å². The summed E-state index contributed by atoms with van der Waals surface area (Å²) in [5.74, 6) is -3.35. The molecule has 3 aliphatic rings. The molecule has 20 heteroatoms. The fraction of sp³-hybridized carbons (Fsp3) is 0.344. The van der Waals surface area contributed by atoms with E-state index in [1.165, 1.54) is 41.3 Å². The number of carbonyl (C=O) groups excluding carboxylic acids is 3. The van der Waals surface area contributed by atoms with Crippen molar-refractivity contribution in [3.8, 4) is 0 Å². The van der Waals surface area contributed by atoms with Crippen molar-refractivity contribution in [2.24, 2.45) is 5.16 Å². The second-order valence-electron chi connectivity index (χ2n) is 12.3. The normalized spacial score (nSPS) is 19.4. The van der Waals surface area contributed by atoms with Gasteiger partial charge in [0, 0.05) is 35.3 Å². The van der Waals surface area contributed by atoms with Gasteiger partial charge in [0.25, 0.3) is 17.7 Å². The minimum Gasteiger partial charge on any atom is -0.477 e. The van der Waals surface area contributed by atoms with Crippen LogP contribution in [0.1, 0.15) is 40.9 Å². The number of piperidine rings is 1. The molecule has 6 heterocycles. The van der Waals surface area contributed by atoms with Crippen LogP contribution in [0.25, 0.3) is 5.65 Å². The Morgan fingerprint density at radius 2 is 2.02 bits per heavy atom. The van der Waals surface area contributed by atoms with Crippen LogP contribution >= 0.6 is 34.7 Å². The number of hydrazine groups is 1. The Labute approximate surface area is 308 Å². The number of amides is 3. The van der Waals surface area contributed by atoms with E-state index in [9.17, 15) is 24.3 Å². The Morgan fingerprint density at radius 1 is 1.23 bits per heavy atom. The maximum absolute atomic E-state index is 15.4. The monoisotopic (exact) mass is 771 g/mol. The largest absolute Gasteiger partial charge is 0.477 e. The minimum atomic E-state index is -1.28. The van der Waals surface area contributed by atoms with Crippen LogP contribution in [0, 0.1) is 5.82 Å². The second-order valence-corrected chi connectivity index (χ2v) is 14.7. The van der Waals surface area contributed by atoms with Gasteiger partial charge >= 0.3 is 11.6 Å². The molecule has 3 aromatic heterocycles. The predicted octanol–water partition coefficient (Wildman–Crippen LogP) is 1.83. The highest BCUT2D eigenvalue weighted by Gasteiger charge is 2.54. The van der Waals surface area contributed by atoms with E-state index in [2.05, 4.69) is 20.9 Å². The van der Waals surface area contributed by atoms with E-state index in [1.54, 1.807) is 38.4 Å². The van der Waals surface area contributed by atoms with Gasteiger partial charge in [-0.05, 0) is 30.5 Å². The van der Waals surface area contributed by atoms with Gasteiger partial charge in [-0.1, -0.05) is 23.2 Å². The number of thiazole rings is 1. The van der Waals surface area contributed by atoms with Gasteiger partial charge in [-0.25, -0.2) is 28.4 Å². The molecule has 2 fully saturated rings. The number of carboxylic acid groups (broad SMARTS) is 1. The molecular weight excluding hydrogens is 739 g/mol. The molecule has 0 unspecified atom stereocenters. The van der Waals surface area contributed by atoms with Gasteiger partial charge in [-0.2, -0.15) is 0 Å². The number of nitrogens with one attached hydrogen (secondary N) is 2. The summed E-state index contributed by atoms with van der Waals surface area (Å²) in [5.41, 5.74) is 9.86. The van der Waals surface area contributed by atoms with Crippen molar-refractivity contribution in [3.63, 3.8) is 0 Å². The Bertz CT molecular complexity index is 2140. The van der Waals surface area contributed by atoms with Crippen LogP contribution in [0.3, 0.4) is 0 Å². The smallest absolute Gasteiger partial charge is 0.352 e. The van der Waals surface area contributed by atoms with Gasteiger partial charge in [0.2, 0.25) is 0 Å². The number of carbonyl (C=O) groups is 4. The Hall–Kier alpha value is -4.98. The molecule has 0 radical (unpaired) electrons. The number of β-lactam (4-membered cyclic amide) rings is 1. The van der Waals surface area contributed by atoms with Crippen LogP contribution in [0.2, 0.25) is 5.02 Å². The van der Waals surface area contributed by atoms with Gasteiger partial charge in [-0.3, -0.25) is 24.7 Å². The summed E-state index contributed by atoms with van der Waals surface area (Å²) < 4.78 is 20.7. The molecule has 0 aliphatic carbocycles. The number of hydrogen-bond donors (Lipinski definition) is 4. The molecule has 3 aliphatic heterocycles. The number of carboxylic acids is 1. The van der Waals surface area contributed by atoms with Crippen molar-refractivity contribution in [1.82, 2.24) is 34.8 Å². The summed E-state index contributed by atoms with van der Waals surface area (Å²) in [6.45, 7) is 1.68. The van der Waals surface area contributed by atoms with Gasteiger partial charge in [0.05, 0.1) is 23.8 Å². The number of fused-ring (bicyclic) bond motifs is 2. The van der Waals surface area contributed by atoms with Crippen LogP contribution < -0.4 is 21.0 Å². The summed E-state index contributed by atoms with van der Waals surface area (Å²) >= 11 is 8.94. The van der Waals surface area contributed by atoms with E-state index in [1.807, 2.05) is 5.01 Å². The highest BCUT2D eigenvalue weighted by atomic mass is 35.5. The molecule has 2 saturated heterocycles. The van der Waals surface area contributed by atoms with Gasteiger partial charge in [0.1, 0.15) is 48.5 Å². The number of imidazole rings is 1. The third-order valence-electron chi connectivity index (χ3n) is 8.99. The summed E-state index contributed by atoms with van der Waals surface area (Å²) in [5, 5.41) is 19.6. The number of nitrogen functional groups attached to an aromatic ring is 1. The maximum Gasteiger partial charge on any atom is 0.352 e. The molecule has 3 amide bonds. The lowest BCUT2D eigenvalue weighted by Gasteiger charge is -2.49. The number of nitrogens with zero attached hydrogens (tertiary/aromatic N) is 7. The number of benzene rings is 1. The van der Waals surface area contributed by atoms with Crippen LogP contribution in [0.5, 0.6) is 0 Å². The Balaban J connectivity index is 1.06. The number of rotatable bonds is 11. The molecule has 272 valence electrons. The van der Waals surface area contributed by atoms with Crippen molar-refractivity contribution >= 4 is 74.9 Å². The average Bonchev–Trinajstić information content (AvgIpc) is 3.85. The molecule has 0 spiro atoms. The molecule has 4 aromatic rings. The van der Waals surface area contributed by atoms with E-state index in [4.69, 9.17) is 22.2 Å². The lowest BCUT2D eigenvalue weighted by Crippen LogP contribution is -2.71. The standard InChI is InChI=1S/C32H32ClFN10O6S2/c1-50-39-24(22-16-52-32(35)36-22)28(46)37-25-29(47)44-26(31(48)49)18(15-51-30(25)44)13-42-8-5-23-40(9-10-43(23)42)14-19-20(33)11-17(12-21(19)34)27(45)38-41-6-3-2-4-7-41/h5,8-12,16,25,30H,2-4,6-7,13-15H2,1H3,(H4-,35,36,37,38,45,46,48,49)/p+1/b39-24-/t25-,30-/m1/s1. The Morgan fingerprint density at radius 3 is 2.71 bits per heavy atom. The third kappa shape index (κ3) is 6.71. The highest BCUT2D eigenvalue weighted by molar-refractivity contribution is 8.00. The number of thioether (sulfide) groups is 1. The zero-order chi connectivity index (χ0) is 36.7. The molecule has 0 bridgehead atoms. The molecule has 1 aromatic carbocycles. The second kappa shape index (κ2) is 14.6. The number of nitrogens with two attached hydrogens (primary N) is 1. The van der Waals surface area contributed by atoms with E-state index in [-0.39, 0.29) is 57.2 Å². The lowest BCUT2D eigenvalue weighted by atomic mass is 10.0. The zero-order valence-corrected chi connectivity index (χ0v) is 30.0. The topological polar surface area (TPSA) is 193 Å². The predicted molar refractivity (Wildman–Crippen MR) is 189 cm³/mol. The first-order chi connectivity index (χ1) is 25.0. The van der Waals surface area contributed by atoms with Gasteiger partial charge in [-0.15, -0.1) is 27.6 Å². The minimum absolute atomic E-state index is 0.0713. The third-order valence-corrected chi connectivity index (χ3v) is 11.3. The summed E-state index contributed by atoms with van der Waals surface area (Å²) in [6.07, 6.45) is 8.32.